The first-order valence-electron chi connectivity index (χ1n) is 10.9. The molecule has 0 bridgehead atoms. The summed E-state index contributed by atoms with van der Waals surface area (Å²) >= 11 is 3.66. The minimum Gasteiger partial charge on any atom is -0.353 e. The van der Waals surface area contributed by atoms with Gasteiger partial charge < -0.3 is 9.47 Å². The Balaban J connectivity index is 2.20. The summed E-state index contributed by atoms with van der Waals surface area (Å²) in [7, 11) is 0.703. The molecule has 0 aromatic heterocycles. The lowest BCUT2D eigenvalue weighted by Gasteiger charge is -2.16. The molecule has 0 aliphatic carbocycles. The maximum Gasteiger partial charge on any atom is 0.157 e. The number of benzene rings is 1. The number of unbranched alkanes of at least 4 members (excludes halogenated alkanes) is 4. The Labute approximate surface area is 183 Å². The van der Waals surface area contributed by atoms with Crippen molar-refractivity contribution in [3.8, 4) is 0 Å². The van der Waals surface area contributed by atoms with Crippen LogP contribution < -0.4 is 5.30 Å². The Bertz CT molecular complexity index is 580. The third-order valence-electron chi connectivity index (χ3n) is 5.43. The van der Waals surface area contributed by atoms with E-state index in [4.69, 9.17) is 9.47 Å². The first kappa shape index (κ1) is 25.8. The van der Waals surface area contributed by atoms with E-state index in [1.807, 2.05) is 13.8 Å². The van der Waals surface area contributed by atoms with Crippen LogP contribution in [-0.4, -0.2) is 19.5 Å². The van der Waals surface area contributed by atoms with Crippen molar-refractivity contribution >= 4 is 28.1 Å². The quantitative estimate of drug-likeness (QED) is 0.114. The molecule has 0 fully saturated rings. The molecular formula is C24H40BrO2P. The van der Waals surface area contributed by atoms with Crippen molar-refractivity contribution in [2.24, 2.45) is 0 Å². The third kappa shape index (κ3) is 9.53. The molecular weight excluding hydrogens is 431 g/mol. The SMILES string of the molecule is CCOC(CCCCC/C=C/CCCc1cc(PBr)c(C)c(C)c1C)OCC. The van der Waals surface area contributed by atoms with E-state index in [1.165, 1.54) is 72.5 Å². The zero-order chi connectivity index (χ0) is 20.8. The highest BCUT2D eigenvalue weighted by molar-refractivity contribution is 9.37. The second-order valence-corrected chi connectivity index (χ2v) is 9.31. The van der Waals surface area contributed by atoms with Crippen molar-refractivity contribution in [2.75, 3.05) is 13.2 Å². The van der Waals surface area contributed by atoms with Crippen LogP contribution in [0.4, 0.5) is 0 Å². The minimum absolute atomic E-state index is 0.00926. The van der Waals surface area contributed by atoms with Crippen LogP contribution in [0.5, 0.6) is 0 Å². The summed E-state index contributed by atoms with van der Waals surface area (Å²) in [4.78, 5) is 0. The average Bonchev–Trinajstić information content (AvgIpc) is 2.69. The molecule has 1 aromatic rings. The van der Waals surface area contributed by atoms with Crippen molar-refractivity contribution in [2.45, 2.75) is 92.3 Å². The Morgan fingerprint density at radius 1 is 0.893 bits per heavy atom. The summed E-state index contributed by atoms with van der Waals surface area (Å²) in [5, 5.41) is 1.46. The Morgan fingerprint density at radius 2 is 1.54 bits per heavy atom. The molecule has 1 rings (SSSR count). The average molecular weight is 471 g/mol. The largest absolute Gasteiger partial charge is 0.353 e. The van der Waals surface area contributed by atoms with Gasteiger partial charge in [0.2, 0.25) is 0 Å². The number of hydrogen-bond acceptors (Lipinski definition) is 2. The first-order valence-corrected chi connectivity index (χ1v) is 14.1. The Kier molecular flexibility index (Phi) is 14.4. The highest BCUT2D eigenvalue weighted by Crippen LogP contribution is 2.27. The van der Waals surface area contributed by atoms with E-state index in [0.29, 0.717) is 7.28 Å². The molecule has 160 valence electrons. The molecule has 0 saturated carbocycles. The maximum absolute atomic E-state index is 5.59. The van der Waals surface area contributed by atoms with Crippen molar-refractivity contribution in [1.82, 2.24) is 0 Å². The second-order valence-electron chi connectivity index (χ2n) is 7.39. The number of hydrogen-bond donors (Lipinski definition) is 0. The van der Waals surface area contributed by atoms with Gasteiger partial charge in [0.25, 0.3) is 0 Å². The summed E-state index contributed by atoms with van der Waals surface area (Å²) in [6.45, 7) is 12.3. The van der Waals surface area contributed by atoms with Gasteiger partial charge in [-0.2, -0.15) is 0 Å². The molecule has 0 heterocycles. The monoisotopic (exact) mass is 470 g/mol. The van der Waals surface area contributed by atoms with Gasteiger partial charge in [-0.25, -0.2) is 0 Å². The maximum atomic E-state index is 5.59. The summed E-state index contributed by atoms with van der Waals surface area (Å²) in [5.41, 5.74) is 5.92. The molecule has 0 aliphatic heterocycles. The number of rotatable bonds is 15. The van der Waals surface area contributed by atoms with E-state index >= 15 is 0 Å². The fourth-order valence-corrected chi connectivity index (χ4v) is 5.25. The van der Waals surface area contributed by atoms with Crippen LogP contribution in [0, 0.1) is 20.8 Å². The minimum atomic E-state index is -0.00926. The molecule has 28 heavy (non-hydrogen) atoms. The number of ether oxygens (including phenoxy) is 2. The zero-order valence-electron chi connectivity index (χ0n) is 18.6. The lowest BCUT2D eigenvalue weighted by Crippen LogP contribution is -2.17. The van der Waals surface area contributed by atoms with Gasteiger partial charge in [0, 0.05) is 13.2 Å². The standard InChI is InChI=1S/C24H40BrO2P/c1-6-26-24(27-7-2)17-15-13-11-9-8-10-12-14-16-22-18-23(28-25)21(5)19(3)20(22)4/h8,10,18,24,28H,6-7,9,11-17H2,1-5H3/b10-8+. The zero-order valence-corrected chi connectivity index (χ0v) is 21.2. The first-order chi connectivity index (χ1) is 13.5. The van der Waals surface area contributed by atoms with Gasteiger partial charge in [0.15, 0.2) is 6.29 Å². The predicted molar refractivity (Wildman–Crippen MR) is 130 cm³/mol. The third-order valence-corrected chi connectivity index (χ3v) is 7.43. The van der Waals surface area contributed by atoms with E-state index in [0.717, 1.165) is 19.6 Å². The van der Waals surface area contributed by atoms with Crippen LogP contribution in [0.3, 0.4) is 0 Å². The van der Waals surface area contributed by atoms with Gasteiger partial charge in [0.1, 0.15) is 0 Å². The van der Waals surface area contributed by atoms with E-state index in [-0.39, 0.29) is 6.29 Å². The molecule has 0 N–H and O–H groups in total. The fraction of sp³-hybridized carbons (Fsp3) is 0.667. The van der Waals surface area contributed by atoms with E-state index in [1.54, 1.807) is 0 Å². The molecule has 1 atom stereocenters. The number of aryl methyl sites for hydroxylation is 1. The summed E-state index contributed by atoms with van der Waals surface area (Å²) in [5.74, 6) is 0. The summed E-state index contributed by atoms with van der Waals surface area (Å²) < 4.78 is 11.2. The molecule has 2 nitrogen and oxygen atoms in total. The van der Waals surface area contributed by atoms with Gasteiger partial charge in [0.05, 0.1) is 0 Å². The Morgan fingerprint density at radius 3 is 2.14 bits per heavy atom. The topological polar surface area (TPSA) is 18.5 Å². The van der Waals surface area contributed by atoms with E-state index < -0.39 is 0 Å². The lowest BCUT2D eigenvalue weighted by atomic mass is 9.95. The molecule has 0 spiro atoms. The molecule has 1 aromatic carbocycles. The van der Waals surface area contributed by atoms with Gasteiger partial charge in [-0.15, -0.1) is 0 Å². The van der Waals surface area contributed by atoms with Gasteiger partial charge in [-0.05, 0) is 114 Å². The molecule has 0 saturated heterocycles. The lowest BCUT2D eigenvalue weighted by molar-refractivity contribution is -0.140. The Hall–Kier alpha value is -0.210. The van der Waals surface area contributed by atoms with Crippen LogP contribution in [0.15, 0.2) is 18.2 Å². The summed E-state index contributed by atoms with van der Waals surface area (Å²) in [6, 6.07) is 2.41. The van der Waals surface area contributed by atoms with Crippen LogP contribution >= 0.6 is 22.8 Å². The molecule has 4 heteroatoms. The van der Waals surface area contributed by atoms with E-state index in [9.17, 15) is 0 Å². The normalized spacial score (nSPS) is 12.2. The fourth-order valence-electron chi connectivity index (χ4n) is 3.46. The smallest absolute Gasteiger partial charge is 0.157 e. The molecule has 0 aliphatic rings. The van der Waals surface area contributed by atoms with Crippen molar-refractivity contribution < 1.29 is 9.47 Å². The van der Waals surface area contributed by atoms with Crippen LogP contribution in [0.1, 0.15) is 81.0 Å². The van der Waals surface area contributed by atoms with E-state index in [2.05, 4.69) is 54.5 Å². The molecule has 0 radical (unpaired) electrons. The van der Waals surface area contributed by atoms with Crippen LogP contribution in [0.25, 0.3) is 0 Å². The number of halogens is 1. The van der Waals surface area contributed by atoms with Gasteiger partial charge in [-0.1, -0.05) is 40.1 Å². The summed E-state index contributed by atoms with van der Waals surface area (Å²) in [6.07, 6.45) is 14.2. The van der Waals surface area contributed by atoms with Crippen LogP contribution in [0.2, 0.25) is 0 Å². The predicted octanol–water partition coefficient (Wildman–Crippen LogP) is 7.45. The van der Waals surface area contributed by atoms with Crippen molar-refractivity contribution in [3.05, 3.63) is 40.5 Å². The number of allylic oxidation sites excluding steroid dienone is 2. The van der Waals surface area contributed by atoms with Crippen LogP contribution in [-0.2, 0) is 15.9 Å². The van der Waals surface area contributed by atoms with Crippen molar-refractivity contribution in [1.29, 1.82) is 0 Å². The van der Waals surface area contributed by atoms with Crippen molar-refractivity contribution in [3.63, 3.8) is 0 Å². The molecule has 0 amide bonds. The molecule has 1 unspecified atom stereocenters. The second kappa shape index (κ2) is 15.6. The van der Waals surface area contributed by atoms with Gasteiger partial charge in [-0.3, -0.25) is 0 Å². The highest BCUT2D eigenvalue weighted by Gasteiger charge is 2.09. The van der Waals surface area contributed by atoms with Gasteiger partial charge >= 0.3 is 0 Å². The highest BCUT2D eigenvalue weighted by atomic mass is 79.9.